The number of likely N-dealkylation sites (N-methyl/N-ethyl adjacent to an activating group) is 1. The van der Waals surface area contributed by atoms with Gasteiger partial charge in [-0.1, -0.05) is 13.8 Å². The Bertz CT molecular complexity index is 1440. The summed E-state index contributed by atoms with van der Waals surface area (Å²) < 4.78 is 1.46. The van der Waals surface area contributed by atoms with E-state index in [9.17, 15) is 19.5 Å². The van der Waals surface area contributed by atoms with Gasteiger partial charge in [-0.15, -0.1) is 11.3 Å². The molecule has 2 N–H and O–H groups in total. The van der Waals surface area contributed by atoms with Gasteiger partial charge in [0.15, 0.2) is 0 Å². The van der Waals surface area contributed by atoms with Crippen LogP contribution in [-0.4, -0.2) is 76.5 Å². The van der Waals surface area contributed by atoms with Crippen molar-refractivity contribution in [2.75, 3.05) is 45.2 Å². The van der Waals surface area contributed by atoms with Crippen molar-refractivity contribution in [3.8, 4) is 0 Å². The number of carbonyl (C=O) groups is 2. The van der Waals surface area contributed by atoms with Crippen LogP contribution in [0.2, 0.25) is 0 Å². The number of aromatic nitrogens is 3. The van der Waals surface area contributed by atoms with Gasteiger partial charge >= 0.3 is 5.97 Å². The van der Waals surface area contributed by atoms with Crippen LogP contribution in [0.5, 0.6) is 0 Å². The number of nitrogens with zero attached hydrogens (tertiary/aromatic N) is 5. The van der Waals surface area contributed by atoms with E-state index in [1.165, 1.54) is 10.5 Å². The monoisotopic (exact) mass is 566 g/mol. The number of pyridine rings is 1. The molecule has 11 heteroatoms. The van der Waals surface area contributed by atoms with Crippen LogP contribution in [-0.2, 0) is 22.4 Å². The van der Waals surface area contributed by atoms with Crippen molar-refractivity contribution in [1.29, 1.82) is 0 Å². The second-order valence-corrected chi connectivity index (χ2v) is 11.7. The minimum atomic E-state index is -1.14. The summed E-state index contributed by atoms with van der Waals surface area (Å²) in [6, 6.07) is 3.81. The number of carbonyl (C=O) groups excluding carboxylic acids is 1. The third-order valence-electron chi connectivity index (χ3n) is 7.11. The van der Waals surface area contributed by atoms with E-state index in [2.05, 4.69) is 24.5 Å². The predicted molar refractivity (Wildman–Crippen MR) is 158 cm³/mol. The molecule has 0 bridgehead atoms. The zero-order chi connectivity index (χ0) is 28.8. The van der Waals surface area contributed by atoms with Crippen LogP contribution < -0.4 is 15.8 Å². The largest absolute Gasteiger partial charge is 0.478 e. The fourth-order valence-electron chi connectivity index (χ4n) is 4.74. The Hall–Kier alpha value is -3.57. The highest BCUT2D eigenvalue weighted by molar-refractivity contribution is 7.09. The van der Waals surface area contributed by atoms with Crippen molar-refractivity contribution in [1.82, 2.24) is 24.6 Å². The number of fused-ring (bicyclic) bond motifs is 1. The van der Waals surface area contributed by atoms with E-state index >= 15 is 0 Å². The van der Waals surface area contributed by atoms with Gasteiger partial charge in [-0.25, -0.2) is 14.8 Å². The van der Waals surface area contributed by atoms with Crippen LogP contribution in [0, 0.1) is 5.92 Å². The van der Waals surface area contributed by atoms with Gasteiger partial charge in [-0.05, 0) is 63.0 Å². The fourth-order valence-corrected chi connectivity index (χ4v) is 5.70. The minimum Gasteiger partial charge on any atom is -0.478 e. The van der Waals surface area contributed by atoms with Gasteiger partial charge in [0.2, 0.25) is 5.91 Å². The normalized spacial score (nSPS) is 14.6. The van der Waals surface area contributed by atoms with E-state index in [-0.39, 0.29) is 22.9 Å². The lowest BCUT2D eigenvalue weighted by Gasteiger charge is -2.33. The maximum absolute atomic E-state index is 13.5. The Morgan fingerprint density at radius 3 is 2.62 bits per heavy atom. The minimum absolute atomic E-state index is 0.0458. The van der Waals surface area contributed by atoms with Crippen molar-refractivity contribution < 1.29 is 14.7 Å². The standard InChI is InChI=1S/C29H38N6O4S/c1-19(2)23-18-40-25(31-23)7-5-20-9-15-35-24(17-20)32-27(22(29(35)39)6-8-26(36)37)34-13-10-21(11-14-34)28(38)30-12-16-33(3)4/h6,8-9,15,17-19,21H,5,7,10-14,16H2,1-4H3,(H,30,38)(H,36,37)/b8-6+. The van der Waals surface area contributed by atoms with Crippen LogP contribution in [0.1, 0.15) is 54.4 Å². The molecule has 1 amide bonds. The van der Waals surface area contributed by atoms with Gasteiger partial charge < -0.3 is 20.2 Å². The number of hydrogen-bond donors (Lipinski definition) is 2. The smallest absolute Gasteiger partial charge is 0.328 e. The summed E-state index contributed by atoms with van der Waals surface area (Å²) in [6.07, 6.45) is 6.81. The van der Waals surface area contributed by atoms with Gasteiger partial charge in [-0.3, -0.25) is 14.0 Å². The van der Waals surface area contributed by atoms with Crippen molar-refractivity contribution >= 4 is 40.8 Å². The van der Waals surface area contributed by atoms with Crippen LogP contribution in [0.3, 0.4) is 0 Å². The number of hydrogen-bond acceptors (Lipinski definition) is 8. The summed E-state index contributed by atoms with van der Waals surface area (Å²) >= 11 is 1.67. The van der Waals surface area contributed by atoms with E-state index < -0.39 is 5.97 Å². The highest BCUT2D eigenvalue weighted by Crippen LogP contribution is 2.26. The van der Waals surface area contributed by atoms with Gasteiger partial charge in [0.25, 0.3) is 5.56 Å². The Balaban J connectivity index is 1.55. The molecule has 0 unspecified atom stereocenters. The maximum atomic E-state index is 13.5. The molecular weight excluding hydrogens is 528 g/mol. The third kappa shape index (κ3) is 7.33. The number of carboxylic acids is 1. The lowest BCUT2D eigenvalue weighted by atomic mass is 9.95. The molecule has 1 saturated heterocycles. The molecule has 1 fully saturated rings. The van der Waals surface area contributed by atoms with Gasteiger partial charge in [0, 0.05) is 56.2 Å². The Labute approximate surface area is 238 Å². The van der Waals surface area contributed by atoms with Gasteiger partial charge in [0.05, 0.1) is 16.3 Å². The summed E-state index contributed by atoms with van der Waals surface area (Å²) in [4.78, 5) is 51.0. The highest BCUT2D eigenvalue weighted by atomic mass is 32.1. The maximum Gasteiger partial charge on any atom is 0.328 e. The fraction of sp³-hybridized carbons (Fsp3) is 0.483. The van der Waals surface area contributed by atoms with E-state index in [1.54, 1.807) is 17.5 Å². The summed E-state index contributed by atoms with van der Waals surface area (Å²) in [5.41, 5.74) is 2.56. The molecule has 0 spiro atoms. The SMILES string of the molecule is CC(C)c1csc(CCc2ccn3c(=O)c(/C=C/C(=O)O)c(N4CCC(C(=O)NCCN(C)C)CC4)nc3c2)n1. The molecule has 1 aliphatic rings. The summed E-state index contributed by atoms with van der Waals surface area (Å²) in [7, 11) is 3.93. The molecule has 1 aliphatic heterocycles. The lowest BCUT2D eigenvalue weighted by Crippen LogP contribution is -2.43. The van der Waals surface area contributed by atoms with Crippen LogP contribution in [0.4, 0.5) is 5.82 Å². The molecular formula is C29H38N6O4S. The van der Waals surface area contributed by atoms with Gasteiger partial charge in [0.1, 0.15) is 11.5 Å². The number of piperidine rings is 1. The Morgan fingerprint density at radius 2 is 1.98 bits per heavy atom. The number of carboxylic acid groups (broad SMARTS) is 1. The highest BCUT2D eigenvalue weighted by Gasteiger charge is 2.27. The van der Waals surface area contributed by atoms with Crippen LogP contribution in [0.15, 0.2) is 34.6 Å². The molecule has 0 saturated carbocycles. The number of aryl methyl sites for hydroxylation is 2. The third-order valence-corrected chi connectivity index (χ3v) is 8.04. The molecule has 40 heavy (non-hydrogen) atoms. The summed E-state index contributed by atoms with van der Waals surface area (Å²) in [5, 5.41) is 15.4. The average Bonchev–Trinajstić information content (AvgIpc) is 3.40. The molecule has 10 nitrogen and oxygen atoms in total. The predicted octanol–water partition coefficient (Wildman–Crippen LogP) is 3.05. The van der Waals surface area contributed by atoms with Gasteiger partial charge in [-0.2, -0.15) is 0 Å². The lowest BCUT2D eigenvalue weighted by molar-refractivity contribution is -0.131. The quantitative estimate of drug-likeness (QED) is 0.340. The molecule has 4 rings (SSSR count). The van der Waals surface area contributed by atoms with Crippen molar-refractivity contribution in [3.63, 3.8) is 0 Å². The van der Waals surface area contributed by atoms with E-state index in [4.69, 9.17) is 9.97 Å². The molecule has 4 heterocycles. The first-order chi connectivity index (χ1) is 19.1. The number of nitrogens with one attached hydrogen (secondary N) is 1. The van der Waals surface area contributed by atoms with Crippen molar-refractivity contribution in [2.24, 2.45) is 5.92 Å². The van der Waals surface area contributed by atoms with E-state index in [1.807, 2.05) is 36.0 Å². The summed E-state index contributed by atoms with van der Waals surface area (Å²) in [5.74, 6) is -0.350. The molecule has 3 aromatic rings. The molecule has 0 radical (unpaired) electrons. The number of thiazole rings is 1. The molecule has 0 aliphatic carbocycles. The first kappa shape index (κ1) is 29.4. The number of aliphatic carboxylic acids is 1. The van der Waals surface area contributed by atoms with Crippen LogP contribution >= 0.6 is 11.3 Å². The zero-order valence-corrected chi connectivity index (χ0v) is 24.4. The number of amides is 1. The van der Waals surface area contributed by atoms with E-state index in [0.29, 0.717) is 49.9 Å². The van der Waals surface area contributed by atoms with E-state index in [0.717, 1.165) is 41.7 Å². The number of anilines is 1. The molecule has 3 aromatic heterocycles. The first-order valence-electron chi connectivity index (χ1n) is 13.7. The first-order valence-corrected chi connectivity index (χ1v) is 14.6. The Kier molecular flexibility index (Phi) is 9.70. The van der Waals surface area contributed by atoms with Crippen molar-refractivity contribution in [3.05, 3.63) is 62.0 Å². The second kappa shape index (κ2) is 13.2. The molecule has 214 valence electrons. The second-order valence-electron chi connectivity index (χ2n) is 10.8. The zero-order valence-electron chi connectivity index (χ0n) is 23.6. The summed E-state index contributed by atoms with van der Waals surface area (Å²) in [6.45, 7) is 6.73. The van der Waals surface area contributed by atoms with Crippen molar-refractivity contribution in [2.45, 2.75) is 45.4 Å². The number of rotatable bonds is 11. The Morgan fingerprint density at radius 1 is 1.23 bits per heavy atom. The van der Waals surface area contributed by atoms with Crippen LogP contribution in [0.25, 0.3) is 11.7 Å². The molecule has 0 aromatic carbocycles. The molecule has 0 atom stereocenters. The topological polar surface area (TPSA) is 120 Å². The average molecular weight is 567 g/mol.